The number of nitrogen functional groups attached to an aromatic ring is 1. The van der Waals surface area contributed by atoms with E-state index in [1.54, 1.807) is 19.9 Å². The van der Waals surface area contributed by atoms with Gasteiger partial charge in [0.1, 0.15) is 5.54 Å². The molecule has 3 amide bonds. The number of anilines is 2. The highest BCUT2D eigenvalue weighted by molar-refractivity contribution is 7.92. The van der Waals surface area contributed by atoms with Crippen LogP contribution in [-0.2, 0) is 22.5 Å². The number of aromatic nitrogens is 2. The molecule has 12 heteroatoms. The average molecular weight is 427 g/mol. The van der Waals surface area contributed by atoms with Crippen LogP contribution in [0.1, 0.15) is 19.5 Å². The second-order valence-electron chi connectivity index (χ2n) is 6.68. The number of rotatable bonds is 4. The van der Waals surface area contributed by atoms with Crippen LogP contribution in [0.15, 0.2) is 41.4 Å². The Balaban J connectivity index is 1.89. The molecule has 0 aliphatic carbocycles. The predicted octanol–water partition coefficient (Wildman–Crippen LogP) is 2.43. The Labute approximate surface area is 166 Å². The molecule has 1 unspecified atom stereocenters. The zero-order valence-corrected chi connectivity index (χ0v) is 16.1. The Hall–Kier alpha value is -2.86. The van der Waals surface area contributed by atoms with Crippen molar-refractivity contribution < 1.29 is 27.3 Å². The molecular formula is C17H16F3N5O3S. The van der Waals surface area contributed by atoms with E-state index >= 15 is 0 Å². The molecular weight excluding hydrogens is 411 g/mol. The third kappa shape index (κ3) is 3.85. The fourth-order valence-corrected chi connectivity index (χ4v) is 3.49. The lowest BCUT2D eigenvalue weighted by molar-refractivity contribution is -0.123. The van der Waals surface area contributed by atoms with Crippen LogP contribution in [0, 0.1) is 0 Å². The molecule has 1 aliphatic heterocycles. The molecule has 0 bridgehead atoms. The maximum absolute atomic E-state index is 12.9. The fraction of sp³-hybridized carbons (Fsp3) is 0.294. The number of hydrogen-bond acceptors (Lipinski definition) is 6. The Kier molecular flexibility index (Phi) is 5.17. The van der Waals surface area contributed by atoms with E-state index in [0.29, 0.717) is 5.69 Å². The lowest BCUT2D eigenvalue weighted by atomic mass is 10.0. The largest absolute Gasteiger partial charge is 0.604 e. The highest BCUT2D eigenvalue weighted by atomic mass is 32.2. The summed E-state index contributed by atoms with van der Waals surface area (Å²) >= 11 is -3.20. The number of benzene rings is 1. The number of nitrogens with zero attached hydrogens (tertiary/aromatic N) is 4. The van der Waals surface area contributed by atoms with Crippen LogP contribution in [-0.4, -0.2) is 42.4 Å². The number of alkyl halides is 3. The average Bonchev–Trinajstić information content (AvgIpc) is 2.80. The fourth-order valence-electron chi connectivity index (χ4n) is 2.84. The van der Waals surface area contributed by atoms with E-state index < -0.39 is 39.1 Å². The van der Waals surface area contributed by atoms with E-state index in [0.717, 1.165) is 29.2 Å². The SMILES string of the molecule is CC1(C)C(=O)N(c2ccc([S+]([O-])C(F)(F)F)cc2)C(=O)N1Cc1ccnc(N)n1. The van der Waals surface area contributed by atoms with Crippen LogP contribution < -0.4 is 10.6 Å². The van der Waals surface area contributed by atoms with Crippen molar-refractivity contribution in [3.05, 3.63) is 42.2 Å². The monoisotopic (exact) mass is 427 g/mol. The van der Waals surface area contributed by atoms with Gasteiger partial charge < -0.3 is 15.2 Å². The normalized spacial score (nSPS) is 17.7. The van der Waals surface area contributed by atoms with Gasteiger partial charge in [0.05, 0.1) is 29.1 Å². The Morgan fingerprint density at radius 1 is 1.17 bits per heavy atom. The van der Waals surface area contributed by atoms with Gasteiger partial charge in [-0.15, -0.1) is 13.2 Å². The minimum absolute atomic E-state index is 0.0169. The van der Waals surface area contributed by atoms with Crippen LogP contribution in [0.25, 0.3) is 0 Å². The van der Waals surface area contributed by atoms with Gasteiger partial charge in [0.2, 0.25) is 5.95 Å². The first-order valence-corrected chi connectivity index (χ1v) is 9.40. The summed E-state index contributed by atoms with van der Waals surface area (Å²) < 4.78 is 49.2. The van der Waals surface area contributed by atoms with E-state index in [1.807, 2.05) is 0 Å². The van der Waals surface area contributed by atoms with E-state index in [9.17, 15) is 27.3 Å². The van der Waals surface area contributed by atoms with Gasteiger partial charge in [-0.05, 0) is 44.2 Å². The molecule has 0 radical (unpaired) electrons. The first-order chi connectivity index (χ1) is 13.4. The second kappa shape index (κ2) is 7.19. The Morgan fingerprint density at radius 2 is 1.79 bits per heavy atom. The summed E-state index contributed by atoms with van der Waals surface area (Å²) in [5.41, 5.74) is -0.103. The molecule has 1 aliphatic rings. The van der Waals surface area contributed by atoms with Crippen molar-refractivity contribution in [1.82, 2.24) is 14.9 Å². The van der Waals surface area contributed by atoms with Gasteiger partial charge in [0, 0.05) is 6.20 Å². The van der Waals surface area contributed by atoms with Crippen molar-refractivity contribution in [2.45, 2.75) is 36.3 Å². The molecule has 8 nitrogen and oxygen atoms in total. The lowest BCUT2D eigenvalue weighted by Crippen LogP contribution is -2.43. The third-order valence-electron chi connectivity index (χ3n) is 4.39. The van der Waals surface area contributed by atoms with Gasteiger partial charge in [0.25, 0.3) is 5.91 Å². The summed E-state index contributed by atoms with van der Waals surface area (Å²) in [6.45, 7) is 3.08. The third-order valence-corrected chi connectivity index (χ3v) is 5.52. The van der Waals surface area contributed by atoms with Gasteiger partial charge in [-0.25, -0.2) is 19.7 Å². The van der Waals surface area contributed by atoms with Gasteiger partial charge in [-0.2, -0.15) is 0 Å². The van der Waals surface area contributed by atoms with Crippen molar-refractivity contribution in [2.75, 3.05) is 10.6 Å². The summed E-state index contributed by atoms with van der Waals surface area (Å²) in [4.78, 5) is 35.2. The van der Waals surface area contributed by atoms with Crippen LogP contribution >= 0.6 is 0 Å². The standard InChI is InChI=1S/C17H16F3N5O3S/c1-16(2)13(26)25(11-3-5-12(6-4-11)29(28)17(18,19)20)15(27)24(16)9-10-7-8-22-14(21)23-10/h3-8H,9H2,1-2H3,(H2,21,22,23). The Morgan fingerprint density at radius 3 is 2.34 bits per heavy atom. The number of amides is 3. The van der Waals surface area contributed by atoms with E-state index in [2.05, 4.69) is 9.97 Å². The summed E-state index contributed by atoms with van der Waals surface area (Å²) in [5, 5.41) is 0. The molecule has 2 aromatic rings. The zero-order chi connectivity index (χ0) is 21.6. The maximum Gasteiger partial charge on any atom is 0.578 e. The number of imide groups is 1. The molecule has 0 saturated carbocycles. The van der Waals surface area contributed by atoms with Crippen LogP contribution in [0.3, 0.4) is 0 Å². The minimum Gasteiger partial charge on any atom is -0.604 e. The van der Waals surface area contributed by atoms with Crippen molar-refractivity contribution in [3.8, 4) is 0 Å². The number of nitrogens with two attached hydrogens (primary N) is 1. The van der Waals surface area contributed by atoms with Gasteiger partial charge >= 0.3 is 11.5 Å². The summed E-state index contributed by atoms with van der Waals surface area (Å²) in [6, 6.07) is 5.13. The van der Waals surface area contributed by atoms with Crippen LogP contribution in [0.5, 0.6) is 0 Å². The smallest absolute Gasteiger partial charge is 0.578 e. The predicted molar refractivity (Wildman–Crippen MR) is 97.9 cm³/mol. The van der Waals surface area contributed by atoms with Crippen molar-refractivity contribution in [1.29, 1.82) is 0 Å². The van der Waals surface area contributed by atoms with Crippen LogP contribution in [0.2, 0.25) is 0 Å². The molecule has 3 rings (SSSR count). The molecule has 2 N–H and O–H groups in total. The molecule has 154 valence electrons. The van der Waals surface area contributed by atoms with E-state index in [-0.39, 0.29) is 18.2 Å². The Bertz CT molecular complexity index is 952. The highest BCUT2D eigenvalue weighted by Crippen LogP contribution is 2.35. The topological polar surface area (TPSA) is 115 Å². The molecule has 29 heavy (non-hydrogen) atoms. The first kappa shape index (κ1) is 20.9. The van der Waals surface area contributed by atoms with Gasteiger partial charge in [-0.1, -0.05) is 0 Å². The number of urea groups is 1. The zero-order valence-electron chi connectivity index (χ0n) is 15.3. The maximum atomic E-state index is 12.9. The molecule has 1 saturated heterocycles. The number of hydrogen-bond donors (Lipinski definition) is 1. The second-order valence-corrected chi connectivity index (χ2v) is 8.15. The highest BCUT2D eigenvalue weighted by Gasteiger charge is 2.52. The summed E-state index contributed by atoms with van der Waals surface area (Å²) in [6.07, 6.45) is 1.42. The molecule has 2 heterocycles. The lowest BCUT2D eigenvalue weighted by Gasteiger charge is -2.27. The van der Waals surface area contributed by atoms with Crippen molar-refractivity contribution in [2.24, 2.45) is 0 Å². The number of carbonyl (C=O) groups is 2. The minimum atomic E-state index is -4.90. The van der Waals surface area contributed by atoms with Crippen molar-refractivity contribution in [3.63, 3.8) is 0 Å². The van der Waals surface area contributed by atoms with Crippen LogP contribution in [0.4, 0.5) is 29.6 Å². The molecule has 1 atom stereocenters. The van der Waals surface area contributed by atoms with Crippen molar-refractivity contribution >= 4 is 34.7 Å². The van der Waals surface area contributed by atoms with Gasteiger partial charge in [-0.3, -0.25) is 4.79 Å². The summed E-state index contributed by atoms with van der Waals surface area (Å²) in [5.74, 6) is -0.544. The number of carbonyl (C=O) groups excluding carboxylic acids is 2. The number of halogens is 3. The molecule has 1 aromatic carbocycles. The molecule has 1 aromatic heterocycles. The van der Waals surface area contributed by atoms with Gasteiger partial charge in [0.15, 0.2) is 4.90 Å². The first-order valence-electron chi connectivity index (χ1n) is 8.25. The summed E-state index contributed by atoms with van der Waals surface area (Å²) in [7, 11) is 0. The van der Waals surface area contributed by atoms with E-state index in [4.69, 9.17) is 5.73 Å². The molecule has 0 spiro atoms. The molecule has 1 fully saturated rings. The van der Waals surface area contributed by atoms with E-state index in [1.165, 1.54) is 11.1 Å². The quantitative estimate of drug-likeness (QED) is 0.592.